The van der Waals surface area contributed by atoms with Crippen LogP contribution in [0, 0.1) is 12.8 Å². The number of benzene rings is 1. The zero-order valence-corrected chi connectivity index (χ0v) is 12.5. The molecule has 2 N–H and O–H groups in total. The Morgan fingerprint density at radius 2 is 2.18 bits per heavy atom. The van der Waals surface area contributed by atoms with E-state index in [1.54, 1.807) is 12.1 Å². The van der Waals surface area contributed by atoms with Gasteiger partial charge in [-0.05, 0) is 24.6 Å². The molecule has 0 bridgehead atoms. The highest BCUT2D eigenvalue weighted by molar-refractivity contribution is 5.97. The highest BCUT2D eigenvalue weighted by Gasteiger charge is 2.35. The Morgan fingerprint density at radius 3 is 2.77 bits per heavy atom. The number of likely N-dealkylation sites (tertiary alicyclic amines) is 1. The van der Waals surface area contributed by atoms with Gasteiger partial charge >= 0.3 is 5.97 Å². The van der Waals surface area contributed by atoms with Crippen molar-refractivity contribution < 1.29 is 24.2 Å². The molecule has 0 spiro atoms. The number of methoxy groups -OCH3 is 1. The number of rotatable bonds is 5. The first-order valence-electron chi connectivity index (χ1n) is 6.85. The molecule has 0 radical (unpaired) electrons. The molecule has 0 saturated carbocycles. The number of carbonyl (C=O) groups excluding carboxylic acids is 2. The topological polar surface area (TPSA) is 95.9 Å². The molecule has 118 valence electrons. The molecule has 2 amide bonds. The van der Waals surface area contributed by atoms with Crippen LogP contribution >= 0.6 is 0 Å². The van der Waals surface area contributed by atoms with Crippen molar-refractivity contribution in [3.05, 3.63) is 23.8 Å². The van der Waals surface area contributed by atoms with E-state index in [2.05, 4.69) is 5.32 Å². The lowest BCUT2D eigenvalue weighted by Gasteiger charge is -2.16. The summed E-state index contributed by atoms with van der Waals surface area (Å²) in [5.41, 5.74) is 1.48. The molecule has 1 atom stereocenters. The molecule has 1 saturated heterocycles. The molecule has 1 aliphatic heterocycles. The third-order valence-electron chi connectivity index (χ3n) is 3.53. The summed E-state index contributed by atoms with van der Waals surface area (Å²) in [7, 11) is 1.50. The van der Waals surface area contributed by atoms with Crippen LogP contribution < -0.4 is 10.1 Å². The van der Waals surface area contributed by atoms with E-state index in [9.17, 15) is 14.4 Å². The van der Waals surface area contributed by atoms with Crippen LogP contribution in [0.4, 0.5) is 5.69 Å². The highest BCUT2D eigenvalue weighted by atomic mass is 16.5. The zero-order chi connectivity index (χ0) is 16.3. The fourth-order valence-corrected chi connectivity index (χ4v) is 2.37. The van der Waals surface area contributed by atoms with Gasteiger partial charge in [0.25, 0.3) is 0 Å². The van der Waals surface area contributed by atoms with Crippen molar-refractivity contribution in [3.63, 3.8) is 0 Å². The summed E-state index contributed by atoms with van der Waals surface area (Å²) < 4.78 is 5.17. The summed E-state index contributed by atoms with van der Waals surface area (Å²) in [6.07, 6.45) is -0.0591. The Kier molecular flexibility index (Phi) is 4.65. The molecule has 0 aliphatic carbocycles. The van der Waals surface area contributed by atoms with Gasteiger partial charge in [0, 0.05) is 13.0 Å². The second-order valence-electron chi connectivity index (χ2n) is 5.27. The number of nitrogens with zero attached hydrogens (tertiary/aromatic N) is 1. The Bertz CT molecular complexity index is 614. The van der Waals surface area contributed by atoms with Gasteiger partial charge in [-0.25, -0.2) is 0 Å². The van der Waals surface area contributed by atoms with E-state index >= 15 is 0 Å². The Labute approximate surface area is 127 Å². The Balaban J connectivity index is 2.00. The summed E-state index contributed by atoms with van der Waals surface area (Å²) in [6.45, 7) is 1.78. The van der Waals surface area contributed by atoms with E-state index in [0.717, 1.165) is 5.56 Å². The van der Waals surface area contributed by atoms with Crippen molar-refractivity contribution in [1.82, 2.24) is 4.90 Å². The number of carbonyl (C=O) groups is 3. The summed E-state index contributed by atoms with van der Waals surface area (Å²) in [5, 5.41) is 11.6. The van der Waals surface area contributed by atoms with Gasteiger partial charge in [0.05, 0.1) is 25.3 Å². The van der Waals surface area contributed by atoms with Gasteiger partial charge < -0.3 is 20.1 Å². The van der Waals surface area contributed by atoms with Crippen molar-refractivity contribution in [2.45, 2.75) is 13.3 Å². The molecule has 1 aliphatic rings. The second-order valence-corrected chi connectivity index (χ2v) is 5.27. The molecule has 7 heteroatoms. The fourth-order valence-electron chi connectivity index (χ4n) is 2.37. The quantitative estimate of drug-likeness (QED) is 0.841. The number of aryl methyl sites for hydroxylation is 1. The first-order chi connectivity index (χ1) is 10.4. The summed E-state index contributed by atoms with van der Waals surface area (Å²) in [6, 6.07) is 5.37. The van der Waals surface area contributed by atoms with Gasteiger partial charge in [-0.2, -0.15) is 0 Å². The lowest BCUT2D eigenvalue weighted by Crippen LogP contribution is -2.34. The lowest BCUT2D eigenvalue weighted by atomic mass is 10.1. The maximum absolute atomic E-state index is 12.1. The molecule has 2 rings (SSSR count). The van der Waals surface area contributed by atoms with Crippen molar-refractivity contribution in [3.8, 4) is 5.75 Å². The molecule has 22 heavy (non-hydrogen) atoms. The number of amides is 2. The molecular weight excluding hydrogens is 288 g/mol. The van der Waals surface area contributed by atoms with Gasteiger partial charge in [0.15, 0.2) is 0 Å². The van der Waals surface area contributed by atoms with Crippen LogP contribution in [-0.4, -0.2) is 48.0 Å². The summed E-state index contributed by atoms with van der Waals surface area (Å²) in [4.78, 5) is 35.9. The molecule has 1 aromatic carbocycles. The molecule has 0 unspecified atom stereocenters. The lowest BCUT2D eigenvalue weighted by molar-refractivity contribution is -0.141. The number of anilines is 1. The normalized spacial score (nSPS) is 17.5. The van der Waals surface area contributed by atoms with E-state index < -0.39 is 11.9 Å². The number of hydrogen-bond donors (Lipinski definition) is 2. The molecule has 7 nitrogen and oxygen atoms in total. The minimum absolute atomic E-state index is 0.0591. The highest BCUT2D eigenvalue weighted by Crippen LogP contribution is 2.25. The van der Waals surface area contributed by atoms with Gasteiger partial charge in [0.2, 0.25) is 11.8 Å². The van der Waals surface area contributed by atoms with Crippen LogP contribution in [0.2, 0.25) is 0 Å². The Hall–Kier alpha value is -2.57. The number of carboxylic acids is 1. The van der Waals surface area contributed by atoms with E-state index in [1.807, 2.05) is 13.0 Å². The zero-order valence-electron chi connectivity index (χ0n) is 12.5. The average Bonchev–Trinajstić information content (AvgIpc) is 2.80. The van der Waals surface area contributed by atoms with E-state index in [1.165, 1.54) is 12.0 Å². The molecule has 0 aromatic heterocycles. The standard InChI is InChI=1S/C15H18N2O5/c1-9-3-4-12(22-2)11(5-9)16-13(18)8-17-7-10(15(20)21)6-14(17)19/h3-5,10H,6-8H2,1-2H3,(H,16,18)(H,20,21)/t10-/m0/s1. The van der Waals surface area contributed by atoms with Crippen molar-refractivity contribution in [1.29, 1.82) is 0 Å². The minimum atomic E-state index is -1.02. The first kappa shape index (κ1) is 15.8. The molecule has 1 fully saturated rings. The summed E-state index contributed by atoms with van der Waals surface area (Å²) in [5.74, 6) is -1.94. The van der Waals surface area contributed by atoms with E-state index in [0.29, 0.717) is 11.4 Å². The number of hydrogen-bond acceptors (Lipinski definition) is 4. The predicted molar refractivity (Wildman–Crippen MR) is 78.7 cm³/mol. The average molecular weight is 306 g/mol. The number of carboxylic acid groups (broad SMARTS) is 1. The van der Waals surface area contributed by atoms with Crippen LogP contribution in [0.1, 0.15) is 12.0 Å². The van der Waals surface area contributed by atoms with Crippen molar-refractivity contribution in [2.75, 3.05) is 25.5 Å². The second kappa shape index (κ2) is 6.46. The van der Waals surface area contributed by atoms with Gasteiger partial charge in [-0.15, -0.1) is 0 Å². The van der Waals surface area contributed by atoms with Crippen LogP contribution in [0.15, 0.2) is 18.2 Å². The van der Waals surface area contributed by atoms with Crippen LogP contribution in [0.3, 0.4) is 0 Å². The van der Waals surface area contributed by atoms with Gasteiger partial charge in [-0.1, -0.05) is 6.07 Å². The first-order valence-corrected chi connectivity index (χ1v) is 6.85. The fraction of sp³-hybridized carbons (Fsp3) is 0.400. The van der Waals surface area contributed by atoms with Gasteiger partial charge in [-0.3, -0.25) is 14.4 Å². The molecular formula is C15H18N2O5. The Morgan fingerprint density at radius 1 is 1.45 bits per heavy atom. The largest absolute Gasteiger partial charge is 0.495 e. The molecule has 1 aromatic rings. The van der Waals surface area contributed by atoms with Crippen molar-refractivity contribution >= 4 is 23.5 Å². The van der Waals surface area contributed by atoms with Crippen LogP contribution in [0.5, 0.6) is 5.75 Å². The van der Waals surface area contributed by atoms with Gasteiger partial charge in [0.1, 0.15) is 5.75 Å². The minimum Gasteiger partial charge on any atom is -0.495 e. The third kappa shape index (κ3) is 3.55. The predicted octanol–water partition coefficient (Wildman–Crippen LogP) is 0.875. The molecule has 1 heterocycles. The summed E-state index contributed by atoms with van der Waals surface area (Å²) >= 11 is 0. The number of ether oxygens (including phenoxy) is 1. The monoisotopic (exact) mass is 306 g/mol. The van der Waals surface area contributed by atoms with Crippen LogP contribution in [0.25, 0.3) is 0 Å². The third-order valence-corrected chi connectivity index (χ3v) is 3.53. The number of aliphatic carboxylic acids is 1. The number of nitrogens with one attached hydrogen (secondary N) is 1. The van der Waals surface area contributed by atoms with E-state index in [-0.39, 0.29) is 31.3 Å². The van der Waals surface area contributed by atoms with Crippen molar-refractivity contribution in [2.24, 2.45) is 5.92 Å². The maximum Gasteiger partial charge on any atom is 0.308 e. The smallest absolute Gasteiger partial charge is 0.308 e. The van der Waals surface area contributed by atoms with Crippen LogP contribution in [-0.2, 0) is 14.4 Å². The van der Waals surface area contributed by atoms with E-state index in [4.69, 9.17) is 9.84 Å². The SMILES string of the molecule is COc1ccc(C)cc1NC(=O)CN1C[C@@H](C(=O)O)CC1=O. The maximum atomic E-state index is 12.1.